The lowest BCUT2D eigenvalue weighted by Crippen LogP contribution is -2.56. The standard InChI is InChI=1S/C28H32N4O4/c1-4-8-25(34)20(3)26-29-24-15-19(2)11-12-23(24)27(30-26)32-14-13-31(16-22(32)17-33)28(35)36-18-21-9-6-5-7-10-21/h4-12,15,22,33-34H,13-14,16-18H2,1-3H3/b8-4-,25-20-. The molecule has 36 heavy (non-hydrogen) atoms. The molecule has 188 valence electrons. The minimum absolute atomic E-state index is 0.0974. The molecule has 0 saturated carbocycles. The quantitative estimate of drug-likeness (QED) is 0.386. The molecule has 0 aliphatic carbocycles. The highest BCUT2D eigenvalue weighted by molar-refractivity contribution is 5.91. The van der Waals surface area contributed by atoms with E-state index in [0.717, 1.165) is 22.0 Å². The lowest BCUT2D eigenvalue weighted by molar-refractivity contribution is 0.0836. The Bertz CT molecular complexity index is 1290. The van der Waals surface area contributed by atoms with Crippen molar-refractivity contribution in [3.05, 3.63) is 83.4 Å². The molecule has 8 nitrogen and oxygen atoms in total. The number of allylic oxidation sites excluding steroid dienone is 3. The van der Waals surface area contributed by atoms with Crippen molar-refractivity contribution >= 4 is 28.4 Å². The summed E-state index contributed by atoms with van der Waals surface area (Å²) in [4.78, 5) is 25.9. The summed E-state index contributed by atoms with van der Waals surface area (Å²) < 4.78 is 5.51. The van der Waals surface area contributed by atoms with Gasteiger partial charge in [0.05, 0.1) is 18.2 Å². The van der Waals surface area contributed by atoms with E-state index in [1.54, 1.807) is 24.0 Å². The third-order valence-corrected chi connectivity index (χ3v) is 6.31. The number of aliphatic hydroxyl groups is 2. The molecule has 2 N–H and O–H groups in total. The SMILES string of the molecule is C/C=C\C(O)=C(/C)c1nc(N2CCN(C(=O)OCc3ccccc3)CC2CO)c2ccc(C)cc2n1. The monoisotopic (exact) mass is 488 g/mol. The van der Waals surface area contributed by atoms with E-state index in [2.05, 4.69) is 0 Å². The molecule has 1 amide bonds. The van der Waals surface area contributed by atoms with Crippen LogP contribution in [0.2, 0.25) is 0 Å². The number of hydrogen-bond donors (Lipinski definition) is 2. The van der Waals surface area contributed by atoms with Crippen LogP contribution in [-0.2, 0) is 11.3 Å². The molecule has 0 bridgehead atoms. The predicted octanol–water partition coefficient (Wildman–Crippen LogP) is 4.62. The van der Waals surface area contributed by atoms with Gasteiger partial charge < -0.3 is 24.7 Å². The number of amides is 1. The highest BCUT2D eigenvalue weighted by Gasteiger charge is 2.32. The van der Waals surface area contributed by atoms with Crippen LogP contribution in [0.25, 0.3) is 16.5 Å². The molecule has 1 aliphatic heterocycles. The maximum atomic E-state index is 12.7. The Morgan fingerprint density at radius 3 is 2.67 bits per heavy atom. The number of aromatic nitrogens is 2. The molecule has 3 aromatic rings. The summed E-state index contributed by atoms with van der Waals surface area (Å²) in [7, 11) is 0. The number of fused-ring (bicyclic) bond motifs is 1. The summed E-state index contributed by atoms with van der Waals surface area (Å²) >= 11 is 0. The van der Waals surface area contributed by atoms with Crippen LogP contribution in [0.1, 0.15) is 30.8 Å². The average molecular weight is 489 g/mol. The Hall–Kier alpha value is -3.91. The molecule has 1 saturated heterocycles. The van der Waals surface area contributed by atoms with Crippen LogP contribution in [0.5, 0.6) is 0 Å². The second-order valence-corrected chi connectivity index (χ2v) is 8.92. The van der Waals surface area contributed by atoms with Gasteiger partial charge in [-0.05, 0) is 50.1 Å². The first kappa shape index (κ1) is 25.2. The topological polar surface area (TPSA) is 99.0 Å². The minimum Gasteiger partial charge on any atom is -0.508 e. The van der Waals surface area contributed by atoms with Gasteiger partial charge in [-0.15, -0.1) is 0 Å². The fraction of sp³-hybridized carbons (Fsp3) is 0.321. The Morgan fingerprint density at radius 2 is 1.94 bits per heavy atom. The first-order chi connectivity index (χ1) is 17.4. The fourth-order valence-corrected chi connectivity index (χ4v) is 4.27. The van der Waals surface area contributed by atoms with Crippen LogP contribution < -0.4 is 4.90 Å². The Morgan fingerprint density at radius 1 is 1.17 bits per heavy atom. The van der Waals surface area contributed by atoms with Crippen molar-refractivity contribution in [2.75, 3.05) is 31.1 Å². The molecular formula is C28H32N4O4. The van der Waals surface area contributed by atoms with Gasteiger partial charge in [0.1, 0.15) is 18.2 Å². The number of piperazine rings is 1. The molecule has 8 heteroatoms. The van der Waals surface area contributed by atoms with Crippen LogP contribution in [0.4, 0.5) is 10.6 Å². The summed E-state index contributed by atoms with van der Waals surface area (Å²) in [6.45, 7) is 6.84. The summed E-state index contributed by atoms with van der Waals surface area (Å²) in [5, 5.41) is 21.5. The van der Waals surface area contributed by atoms with Crippen LogP contribution in [0, 0.1) is 6.92 Å². The van der Waals surface area contributed by atoms with Crippen molar-refractivity contribution in [3.63, 3.8) is 0 Å². The Labute approximate surface area is 211 Å². The number of aliphatic hydroxyl groups excluding tert-OH is 2. The molecule has 1 fully saturated rings. The molecule has 2 aromatic carbocycles. The van der Waals surface area contributed by atoms with Crippen LogP contribution in [-0.4, -0.2) is 63.5 Å². The second-order valence-electron chi connectivity index (χ2n) is 8.92. The van der Waals surface area contributed by atoms with E-state index in [-0.39, 0.29) is 25.0 Å². The molecule has 1 atom stereocenters. The summed E-state index contributed by atoms with van der Waals surface area (Å²) in [5.74, 6) is 1.18. The predicted molar refractivity (Wildman–Crippen MR) is 141 cm³/mol. The summed E-state index contributed by atoms with van der Waals surface area (Å²) in [6, 6.07) is 15.1. The lowest BCUT2D eigenvalue weighted by Gasteiger charge is -2.41. The number of carbonyl (C=O) groups excluding carboxylic acids is 1. The van der Waals surface area contributed by atoms with Crippen LogP contribution in [0.15, 0.2) is 66.4 Å². The number of nitrogens with zero attached hydrogens (tertiary/aromatic N) is 4. The molecule has 4 rings (SSSR count). The Balaban J connectivity index is 1.61. The summed E-state index contributed by atoms with van der Waals surface area (Å²) in [6.07, 6.45) is 2.95. The van der Waals surface area contributed by atoms with Gasteiger partial charge in [-0.2, -0.15) is 0 Å². The molecule has 2 heterocycles. The van der Waals surface area contributed by atoms with E-state index in [4.69, 9.17) is 14.7 Å². The third-order valence-electron chi connectivity index (χ3n) is 6.31. The van der Waals surface area contributed by atoms with Crippen molar-refractivity contribution in [1.82, 2.24) is 14.9 Å². The number of aryl methyl sites for hydroxylation is 1. The van der Waals surface area contributed by atoms with Crippen molar-refractivity contribution in [3.8, 4) is 0 Å². The van der Waals surface area contributed by atoms with Crippen molar-refractivity contribution in [2.24, 2.45) is 0 Å². The highest BCUT2D eigenvalue weighted by Crippen LogP contribution is 2.30. The van der Waals surface area contributed by atoms with Gasteiger partial charge in [-0.1, -0.05) is 42.5 Å². The zero-order valence-electron chi connectivity index (χ0n) is 20.9. The van der Waals surface area contributed by atoms with Crippen LogP contribution >= 0.6 is 0 Å². The van der Waals surface area contributed by atoms with Gasteiger partial charge in [0.2, 0.25) is 0 Å². The van der Waals surface area contributed by atoms with Gasteiger partial charge in [-0.25, -0.2) is 14.8 Å². The van der Waals surface area contributed by atoms with Gasteiger partial charge in [0.25, 0.3) is 0 Å². The van der Waals surface area contributed by atoms with E-state index < -0.39 is 6.09 Å². The first-order valence-electron chi connectivity index (χ1n) is 12.1. The normalized spacial score (nSPS) is 16.9. The van der Waals surface area contributed by atoms with Gasteiger partial charge in [0, 0.05) is 30.6 Å². The van der Waals surface area contributed by atoms with Gasteiger partial charge in [0.15, 0.2) is 5.82 Å². The largest absolute Gasteiger partial charge is 0.508 e. The van der Waals surface area contributed by atoms with Crippen molar-refractivity contribution in [1.29, 1.82) is 0 Å². The molecular weight excluding hydrogens is 456 g/mol. The van der Waals surface area contributed by atoms with E-state index in [1.165, 1.54) is 0 Å². The number of hydrogen-bond acceptors (Lipinski definition) is 7. The number of anilines is 1. The average Bonchev–Trinajstić information content (AvgIpc) is 2.90. The number of ether oxygens (including phenoxy) is 1. The minimum atomic E-state index is -0.407. The lowest BCUT2D eigenvalue weighted by atomic mass is 10.1. The third kappa shape index (κ3) is 5.49. The summed E-state index contributed by atoms with van der Waals surface area (Å²) in [5.41, 5.74) is 3.29. The van der Waals surface area contributed by atoms with E-state index in [9.17, 15) is 15.0 Å². The fourth-order valence-electron chi connectivity index (χ4n) is 4.27. The molecule has 0 radical (unpaired) electrons. The van der Waals surface area contributed by atoms with E-state index >= 15 is 0 Å². The van der Waals surface area contributed by atoms with Gasteiger partial charge in [-0.3, -0.25) is 0 Å². The van der Waals surface area contributed by atoms with E-state index in [1.807, 2.05) is 67.3 Å². The van der Waals surface area contributed by atoms with Crippen LogP contribution in [0.3, 0.4) is 0 Å². The molecule has 1 aliphatic rings. The maximum Gasteiger partial charge on any atom is 0.410 e. The number of carbonyl (C=O) groups is 1. The molecule has 1 unspecified atom stereocenters. The van der Waals surface area contributed by atoms with Gasteiger partial charge >= 0.3 is 6.09 Å². The van der Waals surface area contributed by atoms with Crippen molar-refractivity contribution in [2.45, 2.75) is 33.4 Å². The zero-order chi connectivity index (χ0) is 25.7. The maximum absolute atomic E-state index is 12.7. The number of benzene rings is 2. The van der Waals surface area contributed by atoms with Crippen molar-refractivity contribution < 1.29 is 19.7 Å². The second kappa shape index (κ2) is 11.2. The zero-order valence-corrected chi connectivity index (χ0v) is 20.9. The van der Waals surface area contributed by atoms with E-state index in [0.29, 0.717) is 36.8 Å². The molecule has 1 aromatic heterocycles. The molecule has 0 spiro atoms. The smallest absolute Gasteiger partial charge is 0.410 e. The highest BCUT2D eigenvalue weighted by atomic mass is 16.6. The first-order valence-corrected chi connectivity index (χ1v) is 12.1. The number of rotatable bonds is 6. The Kier molecular flexibility index (Phi) is 7.85.